The molecule has 0 radical (unpaired) electrons. The molecule has 1 saturated carbocycles. The van der Waals surface area contributed by atoms with E-state index in [0.717, 1.165) is 32.3 Å². The van der Waals surface area contributed by atoms with Crippen LogP contribution >= 0.6 is 0 Å². The Kier molecular flexibility index (Phi) is 4.01. The Hall–Kier alpha value is -0.810. The van der Waals surface area contributed by atoms with Gasteiger partial charge in [-0.05, 0) is 32.2 Å². The summed E-state index contributed by atoms with van der Waals surface area (Å²) in [5.74, 6) is 0.338. The van der Waals surface area contributed by atoms with Crippen LogP contribution in [0.15, 0.2) is 0 Å². The van der Waals surface area contributed by atoms with Gasteiger partial charge in [-0.1, -0.05) is 0 Å². The molecule has 3 N–H and O–H groups in total. The molecule has 0 aromatic carbocycles. The summed E-state index contributed by atoms with van der Waals surface area (Å²) < 4.78 is 10.6. The maximum Gasteiger partial charge on any atom is 0.407 e. The first-order valence-electron chi connectivity index (χ1n) is 6.04. The van der Waals surface area contributed by atoms with Crippen molar-refractivity contribution in [3.63, 3.8) is 0 Å². The predicted octanol–water partition coefficient (Wildman–Crippen LogP) is 0.629. The molecule has 0 spiro atoms. The van der Waals surface area contributed by atoms with Crippen molar-refractivity contribution < 1.29 is 14.3 Å². The topological polar surface area (TPSA) is 73.6 Å². The molecule has 5 heteroatoms. The third kappa shape index (κ3) is 2.86. The summed E-state index contributed by atoms with van der Waals surface area (Å²) in [6.07, 6.45) is 3.68. The van der Waals surface area contributed by atoms with Crippen LogP contribution in [-0.4, -0.2) is 38.0 Å². The van der Waals surface area contributed by atoms with Crippen LogP contribution in [0.2, 0.25) is 0 Å². The van der Waals surface area contributed by atoms with Gasteiger partial charge in [-0.3, -0.25) is 0 Å². The van der Waals surface area contributed by atoms with Gasteiger partial charge < -0.3 is 20.5 Å². The van der Waals surface area contributed by atoms with Crippen molar-refractivity contribution in [1.82, 2.24) is 5.32 Å². The molecular formula is C11H20N2O3. The Balaban J connectivity index is 1.73. The molecule has 1 saturated heterocycles. The van der Waals surface area contributed by atoms with Crippen molar-refractivity contribution in [3.05, 3.63) is 0 Å². The van der Waals surface area contributed by atoms with Crippen LogP contribution in [0.25, 0.3) is 0 Å². The van der Waals surface area contributed by atoms with Gasteiger partial charge in [0.15, 0.2) is 0 Å². The van der Waals surface area contributed by atoms with E-state index in [-0.39, 0.29) is 18.2 Å². The molecule has 5 nitrogen and oxygen atoms in total. The van der Waals surface area contributed by atoms with Gasteiger partial charge in [0, 0.05) is 12.5 Å². The first-order valence-corrected chi connectivity index (χ1v) is 6.04. The number of nitrogens with two attached hydrogens (primary N) is 1. The number of hydrogen-bond acceptors (Lipinski definition) is 4. The monoisotopic (exact) mass is 228 g/mol. The molecule has 2 aliphatic rings. The zero-order valence-corrected chi connectivity index (χ0v) is 9.48. The Morgan fingerprint density at radius 3 is 3.00 bits per heavy atom. The van der Waals surface area contributed by atoms with E-state index >= 15 is 0 Å². The number of amides is 1. The quantitative estimate of drug-likeness (QED) is 0.743. The van der Waals surface area contributed by atoms with Crippen molar-refractivity contribution in [1.29, 1.82) is 0 Å². The van der Waals surface area contributed by atoms with Crippen LogP contribution in [0.1, 0.15) is 25.7 Å². The molecule has 3 unspecified atom stereocenters. The molecule has 0 bridgehead atoms. The second-order valence-electron chi connectivity index (χ2n) is 4.58. The average molecular weight is 228 g/mol. The van der Waals surface area contributed by atoms with Gasteiger partial charge in [0.1, 0.15) is 6.10 Å². The molecule has 1 aliphatic heterocycles. The summed E-state index contributed by atoms with van der Waals surface area (Å²) >= 11 is 0. The Labute approximate surface area is 95.7 Å². The summed E-state index contributed by atoms with van der Waals surface area (Å²) in [5, 5.41) is 2.82. The Bertz CT molecular complexity index is 241. The molecule has 1 amide bonds. The lowest BCUT2D eigenvalue weighted by Gasteiger charge is -2.20. The normalized spacial score (nSPS) is 33.9. The summed E-state index contributed by atoms with van der Waals surface area (Å²) in [5.41, 5.74) is 5.63. The second kappa shape index (κ2) is 5.50. The number of ether oxygens (including phenoxy) is 2. The molecule has 1 heterocycles. The van der Waals surface area contributed by atoms with E-state index in [1.54, 1.807) is 0 Å². The highest BCUT2D eigenvalue weighted by Crippen LogP contribution is 2.27. The van der Waals surface area contributed by atoms with E-state index in [1.165, 1.54) is 0 Å². The lowest BCUT2D eigenvalue weighted by Crippen LogP contribution is -2.39. The molecule has 2 fully saturated rings. The lowest BCUT2D eigenvalue weighted by molar-refractivity contribution is 0.0743. The lowest BCUT2D eigenvalue weighted by atomic mass is 10.1. The largest absolute Gasteiger partial charge is 0.446 e. The van der Waals surface area contributed by atoms with E-state index in [2.05, 4.69) is 5.32 Å². The van der Waals surface area contributed by atoms with Crippen LogP contribution in [0, 0.1) is 5.92 Å². The number of hydrogen-bond donors (Lipinski definition) is 2. The van der Waals surface area contributed by atoms with Gasteiger partial charge in [-0.15, -0.1) is 0 Å². The average Bonchev–Trinajstić information content (AvgIpc) is 2.88. The van der Waals surface area contributed by atoms with Crippen molar-refractivity contribution in [2.75, 3.05) is 19.8 Å². The first-order chi connectivity index (χ1) is 7.79. The van der Waals surface area contributed by atoms with Gasteiger partial charge in [0.05, 0.1) is 12.6 Å². The minimum Gasteiger partial charge on any atom is -0.446 e. The van der Waals surface area contributed by atoms with Gasteiger partial charge in [-0.25, -0.2) is 4.79 Å². The van der Waals surface area contributed by atoms with E-state index in [0.29, 0.717) is 19.1 Å². The van der Waals surface area contributed by atoms with Crippen LogP contribution in [-0.2, 0) is 9.47 Å². The van der Waals surface area contributed by atoms with Gasteiger partial charge in [0.25, 0.3) is 0 Å². The third-order valence-corrected chi connectivity index (χ3v) is 3.40. The maximum atomic E-state index is 11.6. The molecule has 16 heavy (non-hydrogen) atoms. The van der Waals surface area contributed by atoms with E-state index in [4.69, 9.17) is 15.2 Å². The van der Waals surface area contributed by atoms with E-state index in [9.17, 15) is 4.79 Å². The Morgan fingerprint density at radius 2 is 2.31 bits per heavy atom. The highest BCUT2D eigenvalue weighted by molar-refractivity contribution is 5.67. The van der Waals surface area contributed by atoms with Crippen LogP contribution in [0.5, 0.6) is 0 Å². The number of carbonyl (C=O) groups excluding carboxylic acids is 1. The summed E-state index contributed by atoms with van der Waals surface area (Å²) in [7, 11) is 0. The maximum absolute atomic E-state index is 11.6. The smallest absolute Gasteiger partial charge is 0.407 e. The van der Waals surface area contributed by atoms with Gasteiger partial charge in [0.2, 0.25) is 0 Å². The molecule has 92 valence electrons. The number of rotatable bonds is 3. The zero-order valence-electron chi connectivity index (χ0n) is 9.48. The summed E-state index contributed by atoms with van der Waals surface area (Å²) in [4.78, 5) is 11.6. The molecule has 0 aromatic heterocycles. The molecule has 1 aliphatic carbocycles. The molecule has 0 aromatic rings. The molecule has 3 atom stereocenters. The van der Waals surface area contributed by atoms with E-state index < -0.39 is 0 Å². The second-order valence-corrected chi connectivity index (χ2v) is 4.58. The summed E-state index contributed by atoms with van der Waals surface area (Å²) in [6.45, 7) is 1.92. The van der Waals surface area contributed by atoms with Crippen molar-refractivity contribution in [3.8, 4) is 0 Å². The summed E-state index contributed by atoms with van der Waals surface area (Å²) in [6, 6.07) is 0.116. The van der Waals surface area contributed by atoms with Crippen molar-refractivity contribution >= 4 is 6.09 Å². The number of alkyl carbamates (subject to hydrolysis) is 1. The highest BCUT2D eigenvalue weighted by atomic mass is 16.6. The van der Waals surface area contributed by atoms with Crippen molar-refractivity contribution in [2.45, 2.75) is 37.8 Å². The van der Waals surface area contributed by atoms with Gasteiger partial charge >= 0.3 is 6.09 Å². The first kappa shape index (κ1) is 11.7. The Morgan fingerprint density at radius 1 is 1.44 bits per heavy atom. The van der Waals surface area contributed by atoms with Crippen LogP contribution in [0.4, 0.5) is 4.79 Å². The molecular weight excluding hydrogens is 208 g/mol. The van der Waals surface area contributed by atoms with Crippen molar-refractivity contribution in [2.24, 2.45) is 11.7 Å². The fourth-order valence-corrected chi connectivity index (χ4v) is 2.41. The fraction of sp³-hybridized carbons (Fsp3) is 0.909. The third-order valence-electron chi connectivity index (χ3n) is 3.40. The predicted molar refractivity (Wildman–Crippen MR) is 59.0 cm³/mol. The van der Waals surface area contributed by atoms with Gasteiger partial charge in [-0.2, -0.15) is 0 Å². The minimum absolute atomic E-state index is 0.00678. The number of nitrogens with one attached hydrogen (secondary N) is 1. The standard InChI is InChI=1S/C11H20N2O3/c12-6-8-2-1-3-10(8)16-11(14)13-9-4-5-15-7-9/h8-10H,1-7,12H2,(H,13,14). The minimum atomic E-state index is -0.319. The van der Waals surface area contributed by atoms with Crippen LogP contribution in [0.3, 0.4) is 0 Å². The van der Waals surface area contributed by atoms with Crippen LogP contribution < -0.4 is 11.1 Å². The zero-order chi connectivity index (χ0) is 11.4. The fourth-order valence-electron chi connectivity index (χ4n) is 2.41. The van der Waals surface area contributed by atoms with E-state index in [1.807, 2.05) is 0 Å². The molecule has 2 rings (SSSR count). The number of carbonyl (C=O) groups is 1. The highest BCUT2D eigenvalue weighted by Gasteiger charge is 2.30. The SMILES string of the molecule is NCC1CCCC1OC(=O)NC1CCOC1.